The van der Waals surface area contributed by atoms with E-state index in [0.717, 1.165) is 29.7 Å². The molecule has 0 fully saturated rings. The first-order valence-corrected chi connectivity index (χ1v) is 6.85. The van der Waals surface area contributed by atoms with E-state index in [4.69, 9.17) is 5.11 Å². The lowest BCUT2D eigenvalue weighted by Crippen LogP contribution is -2.07. The lowest BCUT2D eigenvalue weighted by molar-refractivity contribution is -0.111. The number of benzene rings is 1. The van der Waals surface area contributed by atoms with Crippen LogP contribution in [0.5, 0.6) is 0 Å². The monoisotopic (exact) mass is 285 g/mol. The van der Waals surface area contributed by atoms with Crippen LogP contribution in [0.15, 0.2) is 42.7 Å². The lowest BCUT2D eigenvalue weighted by Gasteiger charge is -2.05. The minimum Gasteiger partial charge on any atom is -0.396 e. The summed E-state index contributed by atoms with van der Waals surface area (Å²) in [4.78, 5) is 11.9. The van der Waals surface area contributed by atoms with Gasteiger partial charge in [0.2, 0.25) is 5.91 Å². The van der Waals surface area contributed by atoms with Crippen molar-refractivity contribution in [1.29, 1.82) is 0 Å². The summed E-state index contributed by atoms with van der Waals surface area (Å²) >= 11 is 0. The van der Waals surface area contributed by atoms with Crippen molar-refractivity contribution in [3.8, 4) is 0 Å². The van der Waals surface area contributed by atoms with Crippen molar-refractivity contribution in [2.45, 2.75) is 12.8 Å². The summed E-state index contributed by atoms with van der Waals surface area (Å²) in [6.45, 7) is 0.171. The van der Waals surface area contributed by atoms with Crippen molar-refractivity contribution >= 4 is 17.7 Å². The van der Waals surface area contributed by atoms with E-state index >= 15 is 0 Å². The number of rotatable bonds is 6. The van der Waals surface area contributed by atoms with Gasteiger partial charge in [-0.15, -0.1) is 0 Å². The summed E-state index contributed by atoms with van der Waals surface area (Å²) in [6.07, 6.45) is 8.25. The molecule has 1 aromatic heterocycles. The first kappa shape index (κ1) is 15.0. The van der Waals surface area contributed by atoms with Gasteiger partial charge in [-0.05, 0) is 36.6 Å². The smallest absolute Gasteiger partial charge is 0.248 e. The number of hydrogen-bond donors (Lipinski definition) is 2. The van der Waals surface area contributed by atoms with Crippen LogP contribution >= 0.6 is 0 Å². The largest absolute Gasteiger partial charge is 0.396 e. The number of aliphatic hydroxyl groups excluding tert-OH is 1. The second kappa shape index (κ2) is 7.40. The number of nitrogens with one attached hydrogen (secondary N) is 1. The number of carbonyl (C=O) groups is 1. The molecule has 0 aliphatic heterocycles. The number of anilines is 1. The molecule has 0 atom stereocenters. The topological polar surface area (TPSA) is 67.2 Å². The molecule has 0 saturated heterocycles. The molecule has 0 aliphatic rings. The van der Waals surface area contributed by atoms with E-state index in [9.17, 15) is 4.79 Å². The molecule has 5 heteroatoms. The third-order valence-electron chi connectivity index (χ3n) is 2.97. The van der Waals surface area contributed by atoms with Gasteiger partial charge >= 0.3 is 0 Å². The van der Waals surface area contributed by atoms with Gasteiger partial charge in [-0.1, -0.05) is 12.1 Å². The van der Waals surface area contributed by atoms with E-state index in [1.165, 1.54) is 6.08 Å². The van der Waals surface area contributed by atoms with Crippen molar-refractivity contribution in [2.24, 2.45) is 7.05 Å². The van der Waals surface area contributed by atoms with E-state index in [0.29, 0.717) is 0 Å². The first-order chi connectivity index (χ1) is 10.2. The minimum absolute atomic E-state index is 0.171. The van der Waals surface area contributed by atoms with Crippen molar-refractivity contribution in [1.82, 2.24) is 9.78 Å². The number of carbonyl (C=O) groups excluding carboxylic acids is 1. The molecular formula is C16H19N3O2. The Morgan fingerprint density at radius 3 is 3.05 bits per heavy atom. The molecule has 1 aromatic carbocycles. The van der Waals surface area contributed by atoms with Gasteiger partial charge < -0.3 is 10.4 Å². The summed E-state index contributed by atoms with van der Waals surface area (Å²) in [6, 6.07) is 7.65. The van der Waals surface area contributed by atoms with Crippen LogP contribution in [0.3, 0.4) is 0 Å². The second-order valence-electron chi connectivity index (χ2n) is 4.80. The van der Waals surface area contributed by atoms with Crippen LogP contribution in [0.1, 0.15) is 17.5 Å². The lowest BCUT2D eigenvalue weighted by atomic mass is 10.1. The van der Waals surface area contributed by atoms with Gasteiger partial charge in [0.1, 0.15) is 0 Å². The van der Waals surface area contributed by atoms with Crippen molar-refractivity contribution in [3.63, 3.8) is 0 Å². The summed E-state index contributed by atoms with van der Waals surface area (Å²) in [5.41, 5.74) is 2.73. The van der Waals surface area contributed by atoms with Gasteiger partial charge in [0.15, 0.2) is 0 Å². The summed E-state index contributed by atoms with van der Waals surface area (Å²) in [5.74, 6) is -0.182. The molecule has 1 heterocycles. The van der Waals surface area contributed by atoms with Crippen molar-refractivity contribution < 1.29 is 9.90 Å². The molecule has 0 bridgehead atoms. The third-order valence-corrected chi connectivity index (χ3v) is 2.97. The fourth-order valence-electron chi connectivity index (χ4n) is 1.97. The summed E-state index contributed by atoms with van der Waals surface area (Å²) in [7, 11) is 1.83. The molecule has 0 radical (unpaired) electrons. The number of aryl methyl sites for hydroxylation is 2. The third kappa shape index (κ3) is 4.89. The van der Waals surface area contributed by atoms with Gasteiger partial charge in [0.25, 0.3) is 0 Å². The van der Waals surface area contributed by atoms with Crippen LogP contribution in [0, 0.1) is 0 Å². The van der Waals surface area contributed by atoms with Gasteiger partial charge in [0.05, 0.1) is 6.20 Å². The number of aliphatic hydroxyl groups is 1. The van der Waals surface area contributed by atoms with Gasteiger partial charge in [-0.3, -0.25) is 9.48 Å². The Kier molecular flexibility index (Phi) is 5.29. The zero-order valence-electron chi connectivity index (χ0n) is 12.0. The van der Waals surface area contributed by atoms with Gasteiger partial charge in [-0.2, -0.15) is 5.10 Å². The number of nitrogens with zero attached hydrogens (tertiary/aromatic N) is 2. The average Bonchev–Trinajstić information content (AvgIpc) is 2.89. The summed E-state index contributed by atoms with van der Waals surface area (Å²) in [5, 5.41) is 15.7. The molecule has 1 amide bonds. The molecule has 0 saturated carbocycles. The molecular weight excluding hydrogens is 266 g/mol. The standard InChI is InChI=1S/C16H19N3O2/c1-19-12-14(11-17-19)7-8-16(21)18-15-6-2-4-13(10-15)5-3-9-20/h2,4,6-8,10-12,20H,3,5,9H2,1H3,(H,18,21)/b8-7+. The van der Waals surface area contributed by atoms with Crippen LogP contribution in [-0.4, -0.2) is 27.4 Å². The Balaban J connectivity index is 1.94. The van der Waals surface area contributed by atoms with E-state index < -0.39 is 0 Å². The SMILES string of the molecule is Cn1cc(/C=C/C(=O)Nc2cccc(CCCO)c2)cn1. The maximum absolute atomic E-state index is 11.9. The molecule has 2 rings (SSSR count). The van der Waals surface area contributed by atoms with Crippen LogP contribution < -0.4 is 5.32 Å². The highest BCUT2D eigenvalue weighted by molar-refractivity contribution is 6.01. The van der Waals surface area contributed by atoms with Crippen LogP contribution in [0.25, 0.3) is 6.08 Å². The van der Waals surface area contributed by atoms with Crippen LogP contribution in [0.4, 0.5) is 5.69 Å². The normalized spacial score (nSPS) is 11.0. The van der Waals surface area contributed by atoms with Crippen molar-refractivity contribution in [2.75, 3.05) is 11.9 Å². The van der Waals surface area contributed by atoms with Gasteiger partial charge in [0, 0.05) is 37.2 Å². The molecule has 5 nitrogen and oxygen atoms in total. The molecule has 2 N–H and O–H groups in total. The molecule has 0 spiro atoms. The molecule has 0 aliphatic carbocycles. The van der Waals surface area contributed by atoms with Crippen LogP contribution in [-0.2, 0) is 18.3 Å². The Hall–Kier alpha value is -2.40. The predicted octanol–water partition coefficient (Wildman–Crippen LogP) is 2.00. The number of aromatic nitrogens is 2. The Labute approximate surface area is 123 Å². The van der Waals surface area contributed by atoms with E-state index in [1.807, 2.05) is 37.5 Å². The van der Waals surface area contributed by atoms with Gasteiger partial charge in [-0.25, -0.2) is 0 Å². The maximum atomic E-state index is 11.9. The highest BCUT2D eigenvalue weighted by Crippen LogP contribution is 2.12. The fraction of sp³-hybridized carbons (Fsp3) is 0.250. The Bertz CT molecular complexity index is 632. The van der Waals surface area contributed by atoms with E-state index in [1.54, 1.807) is 17.0 Å². The minimum atomic E-state index is -0.182. The number of amides is 1. The maximum Gasteiger partial charge on any atom is 0.248 e. The quantitative estimate of drug-likeness (QED) is 0.798. The Morgan fingerprint density at radius 2 is 2.33 bits per heavy atom. The average molecular weight is 285 g/mol. The first-order valence-electron chi connectivity index (χ1n) is 6.85. The molecule has 110 valence electrons. The highest BCUT2D eigenvalue weighted by atomic mass is 16.2. The zero-order chi connectivity index (χ0) is 15.1. The molecule has 21 heavy (non-hydrogen) atoms. The second-order valence-corrected chi connectivity index (χ2v) is 4.80. The van der Waals surface area contributed by atoms with Crippen LogP contribution in [0.2, 0.25) is 0 Å². The summed E-state index contributed by atoms with van der Waals surface area (Å²) < 4.78 is 1.68. The predicted molar refractivity (Wildman–Crippen MR) is 82.7 cm³/mol. The highest BCUT2D eigenvalue weighted by Gasteiger charge is 2.00. The van der Waals surface area contributed by atoms with E-state index in [2.05, 4.69) is 10.4 Å². The van der Waals surface area contributed by atoms with Crippen molar-refractivity contribution in [3.05, 3.63) is 53.9 Å². The molecule has 2 aromatic rings. The number of hydrogen-bond acceptors (Lipinski definition) is 3. The Morgan fingerprint density at radius 1 is 1.48 bits per heavy atom. The fourth-order valence-corrected chi connectivity index (χ4v) is 1.97. The molecule has 0 unspecified atom stereocenters. The van der Waals surface area contributed by atoms with E-state index in [-0.39, 0.29) is 12.5 Å². The zero-order valence-corrected chi connectivity index (χ0v) is 12.0.